The van der Waals surface area contributed by atoms with E-state index in [9.17, 15) is 13.2 Å². The number of halogens is 3. The van der Waals surface area contributed by atoms with E-state index in [0.29, 0.717) is 5.30 Å². The summed E-state index contributed by atoms with van der Waals surface area (Å²) in [7, 11) is -2.36. The van der Waals surface area contributed by atoms with Crippen LogP contribution in [0.5, 0.6) is 0 Å². The Morgan fingerprint density at radius 1 is 0.880 bits per heavy atom. The molecule has 5 heteroatoms. The van der Waals surface area contributed by atoms with Gasteiger partial charge in [0.2, 0.25) is 0 Å². The van der Waals surface area contributed by atoms with E-state index < -0.39 is 19.2 Å². The summed E-state index contributed by atoms with van der Waals surface area (Å²) in [4.78, 5) is 0. The Kier molecular flexibility index (Phi) is 9.45. The number of rotatable bonds is 11. The maximum absolute atomic E-state index is 13.6. The summed E-state index contributed by atoms with van der Waals surface area (Å²) < 4.78 is 43.1. The Labute approximate surface area is 152 Å². The Bertz CT molecular complexity index is 500. The molecular weight excluding hydrogens is 342 g/mol. The van der Waals surface area contributed by atoms with Gasteiger partial charge in [-0.1, -0.05) is 0 Å². The number of hydrogen-bond donors (Lipinski definition) is 0. The molecular formula is C20H35F3NP. The van der Waals surface area contributed by atoms with Crippen LogP contribution in [-0.2, 0) is 6.18 Å². The second-order valence-corrected chi connectivity index (χ2v) is 11.2. The van der Waals surface area contributed by atoms with Gasteiger partial charge in [-0.15, -0.1) is 0 Å². The molecule has 0 bridgehead atoms. The molecule has 0 amide bonds. The van der Waals surface area contributed by atoms with Crippen LogP contribution in [0.15, 0.2) is 24.3 Å². The fraction of sp³-hybridized carbons (Fsp3) is 0.700. The molecule has 1 nitrogen and oxygen atoms in total. The topological polar surface area (TPSA) is 3.24 Å². The van der Waals surface area contributed by atoms with Crippen LogP contribution < -0.4 is 5.30 Å². The SMILES string of the molecule is CCCCCCCC[PH](C)(c1ccccc1C(F)(F)F)N(CC)CC. The van der Waals surface area contributed by atoms with Gasteiger partial charge in [-0.25, -0.2) is 0 Å². The molecule has 0 heterocycles. The van der Waals surface area contributed by atoms with Gasteiger partial charge in [-0.05, 0) is 0 Å². The minimum absolute atomic E-state index is 0.429. The van der Waals surface area contributed by atoms with Crippen LogP contribution in [0.4, 0.5) is 13.2 Å². The average Bonchev–Trinajstić information content (AvgIpc) is 2.58. The number of nitrogens with zero attached hydrogens (tertiary/aromatic N) is 1. The van der Waals surface area contributed by atoms with Gasteiger partial charge in [-0.2, -0.15) is 0 Å². The van der Waals surface area contributed by atoms with E-state index in [0.717, 1.165) is 32.1 Å². The first-order chi connectivity index (χ1) is 11.8. The fourth-order valence-corrected chi connectivity index (χ4v) is 8.36. The molecule has 0 aliphatic rings. The number of benzene rings is 1. The zero-order valence-electron chi connectivity index (χ0n) is 16.3. The number of unbranched alkanes of at least 4 members (excludes halogenated alkanes) is 5. The van der Waals surface area contributed by atoms with Crippen molar-refractivity contribution in [3.63, 3.8) is 0 Å². The zero-order chi connectivity index (χ0) is 18.9. The molecule has 0 fully saturated rings. The first-order valence-corrected chi connectivity index (χ1v) is 12.4. The molecule has 1 aromatic rings. The molecule has 1 rings (SSSR count). The molecule has 0 aromatic heterocycles. The number of alkyl halides is 3. The van der Waals surface area contributed by atoms with Crippen LogP contribution in [0, 0.1) is 0 Å². The van der Waals surface area contributed by atoms with E-state index >= 15 is 0 Å². The Morgan fingerprint density at radius 2 is 1.44 bits per heavy atom. The zero-order valence-corrected chi connectivity index (χ0v) is 17.3. The molecule has 0 saturated carbocycles. The van der Waals surface area contributed by atoms with E-state index in [-0.39, 0.29) is 0 Å². The number of hydrogen-bond acceptors (Lipinski definition) is 1. The summed E-state index contributed by atoms with van der Waals surface area (Å²) in [5, 5.41) is 0.555. The van der Waals surface area contributed by atoms with Gasteiger partial charge in [-0.3, -0.25) is 0 Å². The Morgan fingerprint density at radius 3 is 2.00 bits per heavy atom. The van der Waals surface area contributed by atoms with E-state index in [4.69, 9.17) is 0 Å². The van der Waals surface area contributed by atoms with E-state index in [1.165, 1.54) is 37.8 Å². The van der Waals surface area contributed by atoms with Crippen molar-refractivity contribution in [2.45, 2.75) is 65.5 Å². The van der Waals surface area contributed by atoms with Gasteiger partial charge in [0, 0.05) is 0 Å². The summed E-state index contributed by atoms with van der Waals surface area (Å²) in [5.41, 5.74) is -0.429. The van der Waals surface area contributed by atoms with Crippen molar-refractivity contribution in [1.82, 2.24) is 4.67 Å². The monoisotopic (exact) mass is 377 g/mol. The third-order valence-electron chi connectivity index (χ3n) is 5.29. The van der Waals surface area contributed by atoms with Crippen molar-refractivity contribution >= 4 is 12.7 Å². The summed E-state index contributed by atoms with van der Waals surface area (Å²) in [6.45, 7) is 10.1. The van der Waals surface area contributed by atoms with Crippen molar-refractivity contribution < 1.29 is 13.2 Å². The van der Waals surface area contributed by atoms with Gasteiger partial charge in [0.1, 0.15) is 0 Å². The first kappa shape index (κ1) is 22.4. The van der Waals surface area contributed by atoms with E-state index in [2.05, 4.69) is 32.1 Å². The fourth-order valence-electron chi connectivity index (χ4n) is 3.83. The molecule has 0 atom stereocenters. The van der Waals surface area contributed by atoms with Crippen molar-refractivity contribution in [1.29, 1.82) is 0 Å². The van der Waals surface area contributed by atoms with Crippen molar-refractivity contribution in [2.75, 3.05) is 25.9 Å². The normalized spacial score (nSPS) is 13.4. The van der Waals surface area contributed by atoms with Crippen LogP contribution in [0.2, 0.25) is 0 Å². The van der Waals surface area contributed by atoms with Gasteiger partial charge < -0.3 is 0 Å². The molecule has 0 saturated heterocycles. The summed E-state index contributed by atoms with van der Waals surface area (Å²) in [6.07, 6.45) is 3.66. The molecule has 0 spiro atoms. The summed E-state index contributed by atoms with van der Waals surface area (Å²) in [6, 6.07) is 6.25. The maximum atomic E-state index is 13.6. The Balaban J connectivity index is 3.05. The third-order valence-corrected chi connectivity index (χ3v) is 10.2. The van der Waals surface area contributed by atoms with Crippen LogP contribution in [0.3, 0.4) is 0 Å². The first-order valence-electron chi connectivity index (χ1n) is 9.73. The third kappa shape index (κ3) is 6.25. The van der Waals surface area contributed by atoms with Crippen molar-refractivity contribution in [3.05, 3.63) is 29.8 Å². The van der Waals surface area contributed by atoms with Crippen molar-refractivity contribution in [2.24, 2.45) is 0 Å². The van der Waals surface area contributed by atoms with Crippen LogP contribution in [0.1, 0.15) is 64.9 Å². The standard InChI is InChI=1S/C20H35F3NP/c1-5-8-9-10-11-14-17-25(4,24(6-2)7-3)19-16-13-12-15-18(19)20(21,22)23/h12-13,15-16,25H,5-11,14,17H2,1-4H3. The minimum atomic E-state index is -4.28. The van der Waals surface area contributed by atoms with Gasteiger partial charge in [0.05, 0.1) is 0 Å². The van der Waals surface area contributed by atoms with Gasteiger partial charge in [0.25, 0.3) is 0 Å². The second-order valence-electron chi connectivity index (χ2n) is 7.01. The van der Waals surface area contributed by atoms with Gasteiger partial charge in [0.15, 0.2) is 0 Å². The predicted molar refractivity (Wildman–Crippen MR) is 106 cm³/mol. The molecule has 1 aromatic carbocycles. The van der Waals surface area contributed by atoms with Gasteiger partial charge >= 0.3 is 152 Å². The molecule has 25 heavy (non-hydrogen) atoms. The van der Waals surface area contributed by atoms with Crippen LogP contribution in [0.25, 0.3) is 0 Å². The predicted octanol–water partition coefficient (Wildman–Crippen LogP) is 6.33. The molecule has 0 unspecified atom stereocenters. The molecule has 146 valence electrons. The summed E-state index contributed by atoms with van der Waals surface area (Å²) in [5.74, 6) is 0. The Hall–Kier alpha value is -0.600. The van der Waals surface area contributed by atoms with Crippen LogP contribution in [-0.4, -0.2) is 30.6 Å². The van der Waals surface area contributed by atoms with Crippen LogP contribution >= 0.6 is 7.41 Å². The van der Waals surface area contributed by atoms with Crippen molar-refractivity contribution in [3.8, 4) is 0 Å². The summed E-state index contributed by atoms with van der Waals surface area (Å²) >= 11 is 0. The quantitative estimate of drug-likeness (QED) is 0.322. The molecule has 0 N–H and O–H groups in total. The molecule has 0 radical (unpaired) electrons. The molecule has 0 aliphatic heterocycles. The second kappa shape index (κ2) is 10.5. The average molecular weight is 377 g/mol. The van der Waals surface area contributed by atoms with E-state index in [1.807, 2.05) is 0 Å². The van der Waals surface area contributed by atoms with E-state index in [1.54, 1.807) is 12.1 Å². The molecule has 0 aliphatic carbocycles.